The van der Waals surface area contributed by atoms with E-state index in [1.54, 1.807) is 12.1 Å². The lowest BCUT2D eigenvalue weighted by atomic mass is 9.68. The molecule has 4 rings (SSSR count). The van der Waals surface area contributed by atoms with Gasteiger partial charge in [0, 0.05) is 23.2 Å². The topological polar surface area (TPSA) is 71.1 Å². The molecule has 1 saturated carbocycles. The summed E-state index contributed by atoms with van der Waals surface area (Å²) in [6, 6.07) is 9.87. The fourth-order valence-corrected chi connectivity index (χ4v) is 5.62. The molecule has 4 N–H and O–H groups in total. The monoisotopic (exact) mass is 467 g/mol. The maximum absolute atomic E-state index is 13.9. The van der Waals surface area contributed by atoms with Crippen molar-refractivity contribution >= 4 is 29.8 Å². The van der Waals surface area contributed by atoms with Crippen LogP contribution < -0.4 is 10.5 Å². The van der Waals surface area contributed by atoms with Crippen molar-refractivity contribution < 1.29 is 21.7 Å². The lowest BCUT2D eigenvalue weighted by Crippen LogP contribution is -2.51. The maximum atomic E-state index is 13.9. The van der Waals surface area contributed by atoms with Crippen LogP contribution in [0.15, 0.2) is 36.4 Å². The first-order valence-corrected chi connectivity index (χ1v) is 11.4. The molecule has 1 fully saturated rings. The van der Waals surface area contributed by atoms with Crippen LogP contribution in [0.1, 0.15) is 54.7 Å². The van der Waals surface area contributed by atoms with Gasteiger partial charge in [-0.15, -0.1) is 0 Å². The predicted octanol–water partition coefficient (Wildman–Crippen LogP) is 6.63. The Morgan fingerprint density at radius 1 is 1.19 bits per heavy atom. The third-order valence-electron chi connectivity index (χ3n) is 6.75. The summed E-state index contributed by atoms with van der Waals surface area (Å²) < 4.78 is 59.9. The smallest absolute Gasteiger partial charge is 0.355 e. The van der Waals surface area contributed by atoms with Crippen LogP contribution in [-0.4, -0.2) is 18.0 Å². The van der Waals surface area contributed by atoms with E-state index in [9.17, 15) is 17.6 Å². The van der Waals surface area contributed by atoms with Crippen molar-refractivity contribution in [3.63, 3.8) is 0 Å². The minimum absolute atomic E-state index is 0.0204. The van der Waals surface area contributed by atoms with Crippen molar-refractivity contribution in [2.45, 2.75) is 56.2 Å². The third kappa shape index (κ3) is 4.38. The molecule has 0 bridgehead atoms. The Morgan fingerprint density at radius 3 is 2.59 bits per heavy atom. The van der Waals surface area contributed by atoms with Gasteiger partial charge in [0.05, 0.1) is 12.2 Å². The summed E-state index contributed by atoms with van der Waals surface area (Å²) >= 11 is 0.292. The lowest BCUT2D eigenvalue weighted by molar-refractivity contribution is -0.260. The third-order valence-corrected chi connectivity index (χ3v) is 7.17. The Labute approximate surface area is 188 Å². The van der Waals surface area contributed by atoms with E-state index >= 15 is 0 Å². The second kappa shape index (κ2) is 9.03. The minimum Gasteiger partial charge on any atom is -0.355 e. The quantitative estimate of drug-likeness (QED) is 0.200. The van der Waals surface area contributed by atoms with Crippen LogP contribution in [0.4, 0.5) is 28.9 Å². The van der Waals surface area contributed by atoms with Gasteiger partial charge in [0.15, 0.2) is 5.60 Å². The van der Waals surface area contributed by atoms with Gasteiger partial charge < -0.3 is 10.7 Å². The number of hydrogen-bond donors (Lipinski definition) is 3. The van der Waals surface area contributed by atoms with Crippen LogP contribution in [0.2, 0.25) is 0 Å². The number of benzene rings is 2. The number of nitrogens with two attached hydrogens (primary N) is 1. The maximum Gasteiger partial charge on any atom is 0.418 e. The van der Waals surface area contributed by atoms with Gasteiger partial charge in [0.2, 0.25) is 0 Å². The Balaban J connectivity index is 1.66. The number of fused-ring (bicyclic) bond motifs is 3. The molecule has 9 heteroatoms. The fraction of sp³-hybridized carbons (Fsp3) is 0.435. The molecule has 0 aliphatic heterocycles. The summed E-state index contributed by atoms with van der Waals surface area (Å²) in [6.07, 6.45) is -0.943. The van der Waals surface area contributed by atoms with E-state index < -0.39 is 11.8 Å². The molecule has 32 heavy (non-hydrogen) atoms. The van der Waals surface area contributed by atoms with E-state index in [0.29, 0.717) is 36.3 Å². The molecule has 0 radical (unpaired) electrons. The molecule has 2 aliphatic carbocycles. The highest BCUT2D eigenvalue weighted by Crippen LogP contribution is 2.54. The van der Waals surface area contributed by atoms with Gasteiger partial charge in [-0.25, -0.2) is 4.39 Å². The van der Waals surface area contributed by atoms with Crippen LogP contribution in [-0.2, 0) is 10.6 Å². The highest BCUT2D eigenvalue weighted by molar-refractivity contribution is 7.92. The normalized spacial score (nSPS) is 25.4. The van der Waals surface area contributed by atoms with E-state index in [2.05, 4.69) is 5.32 Å². The predicted molar refractivity (Wildman–Crippen MR) is 119 cm³/mol. The molecule has 0 spiro atoms. The van der Waals surface area contributed by atoms with E-state index in [1.165, 1.54) is 18.3 Å². The highest BCUT2D eigenvalue weighted by Gasteiger charge is 2.60. The van der Waals surface area contributed by atoms with Crippen molar-refractivity contribution in [2.75, 3.05) is 5.32 Å². The number of alkyl halides is 3. The second-order valence-corrected chi connectivity index (χ2v) is 8.95. The molecule has 3 atom stereocenters. The molecule has 2 aromatic rings. The van der Waals surface area contributed by atoms with Crippen LogP contribution in [0.25, 0.3) is 0 Å². The summed E-state index contributed by atoms with van der Waals surface area (Å²) in [6.45, 7) is 0. The van der Waals surface area contributed by atoms with Crippen molar-refractivity contribution in [1.82, 2.24) is 0 Å². The van der Waals surface area contributed by atoms with Crippen molar-refractivity contribution in [3.05, 3.63) is 58.9 Å². The molecule has 0 saturated heterocycles. The van der Waals surface area contributed by atoms with Crippen LogP contribution in [0, 0.1) is 17.1 Å². The van der Waals surface area contributed by atoms with E-state index in [1.807, 2.05) is 12.1 Å². The van der Waals surface area contributed by atoms with Gasteiger partial charge in [0.1, 0.15) is 5.82 Å². The molecule has 0 amide bonds. The molecule has 2 aliphatic rings. The Kier molecular flexibility index (Phi) is 6.51. The summed E-state index contributed by atoms with van der Waals surface area (Å²) in [5.74, 6) is -0.527. The van der Waals surface area contributed by atoms with Crippen LogP contribution in [0.5, 0.6) is 0 Å². The zero-order chi connectivity index (χ0) is 22.9. The van der Waals surface area contributed by atoms with Gasteiger partial charge in [0.25, 0.3) is 0 Å². The molecule has 0 heterocycles. The van der Waals surface area contributed by atoms with Gasteiger partial charge in [-0.05, 0) is 97.9 Å². The number of hydrogen-bond acceptors (Lipinski definition) is 5. The highest BCUT2D eigenvalue weighted by atomic mass is 32.2. The summed E-state index contributed by atoms with van der Waals surface area (Å²) in [4.78, 5) is 0. The largest absolute Gasteiger partial charge is 0.418 e. The zero-order valence-corrected chi connectivity index (χ0v) is 18.2. The Bertz CT molecular complexity index is 982. The molecule has 4 nitrogen and oxygen atoms in total. The molecular formula is C23H25F4N3OS. The average molecular weight is 468 g/mol. The van der Waals surface area contributed by atoms with E-state index in [0.717, 1.165) is 29.7 Å². The number of halogens is 4. The molecule has 2 aromatic carbocycles. The first-order valence-electron chi connectivity index (χ1n) is 10.6. The van der Waals surface area contributed by atoms with Crippen LogP contribution >= 0.6 is 12.2 Å². The summed E-state index contributed by atoms with van der Waals surface area (Å²) in [7, 11) is 0. The standard InChI is InChI=1S/C23H25F4N3OS/c24-17-4-6-18(7-5-17)30-21-11-14-2-1-3-15-12-22(31-32-29,23(25,26)27)9-8-19(15)20(14)10-16(21)13-28/h4-7,10-11,13,15,19,28,30H,1-3,8-9,12,29H2/t15?,19?,22-/m0/s1. The summed E-state index contributed by atoms with van der Waals surface area (Å²) in [5.41, 5.74) is 1.97. The number of nitrogens with one attached hydrogen (secondary N) is 2. The summed E-state index contributed by atoms with van der Waals surface area (Å²) in [5, 5.41) is 16.4. The number of rotatable bonds is 5. The van der Waals surface area contributed by atoms with Crippen LogP contribution in [0.3, 0.4) is 0 Å². The molecular weight excluding hydrogens is 442 g/mol. The van der Waals surface area contributed by atoms with E-state index in [4.69, 9.17) is 14.7 Å². The average Bonchev–Trinajstić information content (AvgIpc) is 2.92. The van der Waals surface area contributed by atoms with Gasteiger partial charge in [-0.2, -0.15) is 13.2 Å². The molecule has 2 unspecified atom stereocenters. The van der Waals surface area contributed by atoms with Crippen molar-refractivity contribution in [2.24, 2.45) is 11.1 Å². The van der Waals surface area contributed by atoms with Gasteiger partial charge in [-0.3, -0.25) is 9.32 Å². The van der Waals surface area contributed by atoms with Gasteiger partial charge in [-0.1, -0.05) is 0 Å². The molecule has 172 valence electrons. The number of aryl methyl sites for hydroxylation is 1. The second-order valence-electron chi connectivity index (χ2n) is 8.59. The Morgan fingerprint density at radius 2 is 1.94 bits per heavy atom. The Hall–Kier alpha value is -2.10. The fourth-order valence-electron chi connectivity index (χ4n) is 5.19. The van der Waals surface area contributed by atoms with Crippen molar-refractivity contribution in [3.8, 4) is 0 Å². The lowest BCUT2D eigenvalue weighted by Gasteiger charge is -2.44. The van der Waals surface area contributed by atoms with Crippen molar-refractivity contribution in [1.29, 1.82) is 5.41 Å². The number of anilines is 2. The first-order chi connectivity index (χ1) is 15.3. The van der Waals surface area contributed by atoms with Gasteiger partial charge >= 0.3 is 6.18 Å². The SMILES string of the molecule is N=Cc1cc2c(cc1Nc1ccc(F)cc1)CCCC1C[C@](OSN)(C(F)(F)F)CCC21. The van der Waals surface area contributed by atoms with E-state index in [-0.39, 0.29) is 30.5 Å². The minimum atomic E-state index is -4.48. The zero-order valence-electron chi connectivity index (χ0n) is 17.3. The molecule has 0 aromatic heterocycles. The first kappa shape index (κ1) is 23.1.